The van der Waals surface area contributed by atoms with E-state index in [1.807, 2.05) is 0 Å². The van der Waals surface area contributed by atoms with E-state index in [4.69, 9.17) is 15.5 Å². The van der Waals surface area contributed by atoms with Crippen LogP contribution in [0.15, 0.2) is 0 Å². The van der Waals surface area contributed by atoms with Crippen LogP contribution in [-0.4, -0.2) is 23.3 Å². The number of rotatable bonds is 6. The number of imidazole rings is 1. The fourth-order valence-corrected chi connectivity index (χ4v) is 3.15. The molecule has 1 heterocycles. The largest absolute Gasteiger partial charge is 0.384 e. The Balaban J connectivity index is 2.32. The minimum atomic E-state index is 0.267. The van der Waals surface area contributed by atoms with Gasteiger partial charge in [0.15, 0.2) is 0 Å². The molecule has 4 nitrogen and oxygen atoms in total. The summed E-state index contributed by atoms with van der Waals surface area (Å²) in [4.78, 5) is 4.89. The summed E-state index contributed by atoms with van der Waals surface area (Å²) in [6, 6.07) is 0. The molecule has 1 aliphatic rings. The summed E-state index contributed by atoms with van der Waals surface area (Å²) in [6.45, 7) is 5.98. The Morgan fingerprint density at radius 3 is 2.68 bits per heavy atom. The summed E-state index contributed by atoms with van der Waals surface area (Å²) in [7, 11) is 1.73. The Morgan fingerprint density at radius 1 is 1.42 bits per heavy atom. The molecule has 108 valence electrons. The molecular formula is C15H27N3O. The summed E-state index contributed by atoms with van der Waals surface area (Å²) in [6.07, 6.45) is 6.27. The van der Waals surface area contributed by atoms with E-state index in [1.165, 1.54) is 31.5 Å². The maximum atomic E-state index is 6.33. The van der Waals surface area contributed by atoms with E-state index >= 15 is 0 Å². The molecule has 4 heteroatoms. The number of ether oxygens (including phenoxy) is 1. The Labute approximate surface area is 116 Å². The minimum Gasteiger partial charge on any atom is -0.384 e. The van der Waals surface area contributed by atoms with Gasteiger partial charge in [-0.2, -0.15) is 0 Å². The first-order valence-electron chi connectivity index (χ1n) is 7.53. The Bertz CT molecular complexity index is 408. The topological polar surface area (TPSA) is 53.1 Å². The van der Waals surface area contributed by atoms with Crippen LogP contribution in [-0.2, 0) is 11.3 Å². The summed E-state index contributed by atoms with van der Waals surface area (Å²) >= 11 is 0. The van der Waals surface area contributed by atoms with Crippen molar-refractivity contribution in [1.82, 2.24) is 9.55 Å². The number of nitrogens with zero attached hydrogens (tertiary/aromatic N) is 2. The van der Waals surface area contributed by atoms with Crippen LogP contribution in [0.4, 0.5) is 5.82 Å². The molecule has 0 radical (unpaired) electrons. The standard InChI is InChI=1S/C15H27N3O/c1-4-9-18-14(16)13(11(2)10-19-3)17-15(18)12-7-5-6-8-12/h11-12H,4-10,16H2,1-3H3. The van der Waals surface area contributed by atoms with E-state index in [-0.39, 0.29) is 5.92 Å². The lowest BCUT2D eigenvalue weighted by atomic mass is 10.1. The fourth-order valence-electron chi connectivity index (χ4n) is 3.15. The van der Waals surface area contributed by atoms with Crippen molar-refractivity contribution in [3.63, 3.8) is 0 Å². The van der Waals surface area contributed by atoms with E-state index in [9.17, 15) is 0 Å². The molecule has 1 saturated carbocycles. The van der Waals surface area contributed by atoms with E-state index in [2.05, 4.69) is 18.4 Å². The molecule has 0 saturated heterocycles. The maximum absolute atomic E-state index is 6.33. The smallest absolute Gasteiger partial charge is 0.127 e. The average molecular weight is 265 g/mol. The van der Waals surface area contributed by atoms with Gasteiger partial charge in [-0.25, -0.2) is 4.98 Å². The Kier molecular flexibility index (Phi) is 4.86. The van der Waals surface area contributed by atoms with Gasteiger partial charge in [0, 0.05) is 25.5 Å². The monoisotopic (exact) mass is 265 g/mol. The summed E-state index contributed by atoms with van der Waals surface area (Å²) in [5.74, 6) is 2.95. The van der Waals surface area contributed by atoms with Crippen molar-refractivity contribution >= 4 is 5.82 Å². The van der Waals surface area contributed by atoms with Gasteiger partial charge in [-0.3, -0.25) is 0 Å². The van der Waals surface area contributed by atoms with Gasteiger partial charge in [-0.1, -0.05) is 26.7 Å². The minimum absolute atomic E-state index is 0.267. The lowest BCUT2D eigenvalue weighted by Gasteiger charge is -2.13. The highest BCUT2D eigenvalue weighted by atomic mass is 16.5. The van der Waals surface area contributed by atoms with E-state index in [0.717, 1.165) is 24.5 Å². The van der Waals surface area contributed by atoms with Gasteiger partial charge < -0.3 is 15.0 Å². The second kappa shape index (κ2) is 6.42. The number of nitrogen functional groups attached to an aromatic ring is 1. The van der Waals surface area contributed by atoms with Crippen LogP contribution in [0, 0.1) is 0 Å². The van der Waals surface area contributed by atoms with Gasteiger partial charge in [0.2, 0.25) is 0 Å². The highest BCUT2D eigenvalue weighted by Crippen LogP contribution is 2.36. The molecule has 1 atom stereocenters. The molecule has 19 heavy (non-hydrogen) atoms. The van der Waals surface area contributed by atoms with E-state index in [0.29, 0.717) is 12.5 Å². The quantitative estimate of drug-likeness (QED) is 0.858. The summed E-state index contributed by atoms with van der Waals surface area (Å²) in [5, 5.41) is 0. The first kappa shape index (κ1) is 14.4. The summed E-state index contributed by atoms with van der Waals surface area (Å²) in [5.41, 5.74) is 7.36. The van der Waals surface area contributed by atoms with Crippen molar-refractivity contribution in [2.45, 2.75) is 64.3 Å². The van der Waals surface area contributed by atoms with Crippen molar-refractivity contribution in [3.8, 4) is 0 Å². The fraction of sp³-hybridized carbons (Fsp3) is 0.800. The zero-order chi connectivity index (χ0) is 13.8. The average Bonchev–Trinajstić information content (AvgIpc) is 3.00. The first-order chi connectivity index (χ1) is 9.19. The number of anilines is 1. The predicted octanol–water partition coefficient (Wildman–Crippen LogP) is 3.28. The molecule has 1 aliphatic carbocycles. The number of methoxy groups -OCH3 is 1. The van der Waals surface area contributed by atoms with Gasteiger partial charge in [0.05, 0.1) is 12.3 Å². The molecule has 0 aliphatic heterocycles. The normalized spacial score (nSPS) is 18.1. The van der Waals surface area contributed by atoms with Crippen molar-refractivity contribution in [2.75, 3.05) is 19.5 Å². The molecule has 0 spiro atoms. The zero-order valence-electron chi connectivity index (χ0n) is 12.5. The molecule has 0 amide bonds. The third-order valence-corrected chi connectivity index (χ3v) is 4.12. The SMILES string of the molecule is CCCn1c(C2CCCC2)nc(C(C)COC)c1N. The molecule has 1 aromatic rings. The molecule has 2 rings (SSSR count). The Morgan fingerprint density at radius 2 is 2.11 bits per heavy atom. The maximum Gasteiger partial charge on any atom is 0.127 e. The lowest BCUT2D eigenvalue weighted by molar-refractivity contribution is 0.183. The number of hydrogen-bond acceptors (Lipinski definition) is 3. The van der Waals surface area contributed by atoms with E-state index < -0.39 is 0 Å². The van der Waals surface area contributed by atoms with Crippen LogP contribution in [0.1, 0.15) is 69.3 Å². The number of hydrogen-bond donors (Lipinski definition) is 1. The highest BCUT2D eigenvalue weighted by molar-refractivity contribution is 5.41. The van der Waals surface area contributed by atoms with Crippen LogP contribution in [0.25, 0.3) is 0 Å². The van der Waals surface area contributed by atoms with Crippen LogP contribution in [0.2, 0.25) is 0 Å². The number of nitrogens with two attached hydrogens (primary N) is 1. The second-order valence-electron chi connectivity index (χ2n) is 5.73. The number of aromatic nitrogens is 2. The third-order valence-electron chi connectivity index (χ3n) is 4.12. The lowest BCUT2D eigenvalue weighted by Crippen LogP contribution is -2.10. The molecule has 1 aromatic heterocycles. The highest BCUT2D eigenvalue weighted by Gasteiger charge is 2.26. The van der Waals surface area contributed by atoms with Gasteiger partial charge in [-0.05, 0) is 19.3 Å². The predicted molar refractivity (Wildman–Crippen MR) is 78.4 cm³/mol. The zero-order valence-corrected chi connectivity index (χ0v) is 12.5. The van der Waals surface area contributed by atoms with Gasteiger partial charge in [-0.15, -0.1) is 0 Å². The van der Waals surface area contributed by atoms with Crippen LogP contribution in [0.3, 0.4) is 0 Å². The van der Waals surface area contributed by atoms with Crippen molar-refractivity contribution < 1.29 is 4.74 Å². The van der Waals surface area contributed by atoms with Crippen LogP contribution >= 0.6 is 0 Å². The van der Waals surface area contributed by atoms with Crippen LogP contribution in [0.5, 0.6) is 0 Å². The van der Waals surface area contributed by atoms with Crippen molar-refractivity contribution in [2.24, 2.45) is 0 Å². The molecule has 1 unspecified atom stereocenters. The van der Waals surface area contributed by atoms with Crippen LogP contribution < -0.4 is 5.73 Å². The van der Waals surface area contributed by atoms with Gasteiger partial charge in [0.1, 0.15) is 11.6 Å². The molecule has 0 aromatic carbocycles. The molecule has 2 N–H and O–H groups in total. The first-order valence-corrected chi connectivity index (χ1v) is 7.53. The molecule has 1 fully saturated rings. The molecule has 0 bridgehead atoms. The van der Waals surface area contributed by atoms with Gasteiger partial charge in [0.25, 0.3) is 0 Å². The van der Waals surface area contributed by atoms with Crippen molar-refractivity contribution in [3.05, 3.63) is 11.5 Å². The van der Waals surface area contributed by atoms with E-state index in [1.54, 1.807) is 7.11 Å². The molecular weight excluding hydrogens is 238 g/mol. The van der Waals surface area contributed by atoms with Gasteiger partial charge >= 0.3 is 0 Å². The van der Waals surface area contributed by atoms with Crippen molar-refractivity contribution in [1.29, 1.82) is 0 Å². The second-order valence-corrected chi connectivity index (χ2v) is 5.73. The summed E-state index contributed by atoms with van der Waals surface area (Å²) < 4.78 is 7.49. The third kappa shape index (κ3) is 2.94. The Hall–Kier alpha value is -1.03.